The van der Waals surface area contributed by atoms with Gasteiger partial charge < -0.3 is 19.5 Å². The molecule has 0 spiro atoms. The standard InChI is InChI=1S/C17H18FNO4/c1-21-14-9-8-11(16(22-2)17(14)23-3)10-15(20)19-13-7-5-4-6-12(13)18/h4-9H,10H2,1-3H3,(H,19,20). The number of nitrogens with one attached hydrogen (secondary N) is 1. The Kier molecular flexibility index (Phi) is 5.41. The molecule has 2 aromatic carbocycles. The Hall–Kier alpha value is -2.76. The van der Waals surface area contributed by atoms with Crippen molar-refractivity contribution in [3.8, 4) is 17.2 Å². The number of carbonyl (C=O) groups is 1. The van der Waals surface area contributed by atoms with Crippen molar-refractivity contribution >= 4 is 11.6 Å². The van der Waals surface area contributed by atoms with Gasteiger partial charge in [-0.3, -0.25) is 4.79 Å². The maximum Gasteiger partial charge on any atom is 0.229 e. The number of halogens is 1. The molecule has 1 amide bonds. The Morgan fingerprint density at radius 1 is 1.00 bits per heavy atom. The average molecular weight is 319 g/mol. The number of amides is 1. The minimum absolute atomic E-state index is 0.0118. The first-order valence-corrected chi connectivity index (χ1v) is 6.93. The molecule has 0 unspecified atom stereocenters. The zero-order chi connectivity index (χ0) is 16.8. The number of hydrogen-bond acceptors (Lipinski definition) is 4. The molecule has 0 saturated carbocycles. The number of methoxy groups -OCH3 is 3. The van der Waals surface area contributed by atoms with Crippen molar-refractivity contribution in [2.24, 2.45) is 0 Å². The summed E-state index contributed by atoms with van der Waals surface area (Å²) in [5.74, 6) is 0.477. The Morgan fingerprint density at radius 2 is 1.70 bits per heavy atom. The van der Waals surface area contributed by atoms with Crippen molar-refractivity contribution < 1.29 is 23.4 Å². The molecule has 122 valence electrons. The number of para-hydroxylation sites is 1. The molecule has 2 aromatic rings. The smallest absolute Gasteiger partial charge is 0.229 e. The highest BCUT2D eigenvalue weighted by Crippen LogP contribution is 2.39. The van der Waals surface area contributed by atoms with E-state index in [9.17, 15) is 9.18 Å². The van der Waals surface area contributed by atoms with Crippen LogP contribution >= 0.6 is 0 Å². The molecular formula is C17H18FNO4. The SMILES string of the molecule is COc1ccc(CC(=O)Nc2ccccc2F)c(OC)c1OC. The van der Waals surface area contributed by atoms with Gasteiger partial charge in [-0.15, -0.1) is 0 Å². The molecule has 0 saturated heterocycles. The Bertz CT molecular complexity index is 703. The lowest BCUT2D eigenvalue weighted by Gasteiger charge is -2.15. The van der Waals surface area contributed by atoms with Gasteiger partial charge in [-0.25, -0.2) is 4.39 Å². The summed E-state index contributed by atoms with van der Waals surface area (Å²) in [6, 6.07) is 9.39. The van der Waals surface area contributed by atoms with Crippen molar-refractivity contribution in [2.75, 3.05) is 26.6 Å². The number of benzene rings is 2. The van der Waals surface area contributed by atoms with Crippen molar-refractivity contribution in [1.29, 1.82) is 0 Å². The first-order chi connectivity index (χ1) is 11.1. The van der Waals surface area contributed by atoms with Crippen molar-refractivity contribution in [3.05, 3.63) is 47.8 Å². The third kappa shape index (κ3) is 3.71. The number of carbonyl (C=O) groups excluding carboxylic acids is 1. The predicted molar refractivity (Wildman–Crippen MR) is 84.8 cm³/mol. The minimum Gasteiger partial charge on any atom is -0.493 e. The van der Waals surface area contributed by atoms with Crippen LogP contribution in [0, 0.1) is 5.82 Å². The second kappa shape index (κ2) is 7.49. The first kappa shape index (κ1) is 16.6. The van der Waals surface area contributed by atoms with Gasteiger partial charge in [0.05, 0.1) is 33.4 Å². The van der Waals surface area contributed by atoms with E-state index in [0.717, 1.165) is 0 Å². The van der Waals surface area contributed by atoms with Gasteiger partial charge in [0.1, 0.15) is 5.82 Å². The van der Waals surface area contributed by atoms with Crippen molar-refractivity contribution in [3.63, 3.8) is 0 Å². The van der Waals surface area contributed by atoms with E-state index in [0.29, 0.717) is 22.8 Å². The normalized spacial score (nSPS) is 10.1. The van der Waals surface area contributed by atoms with E-state index in [1.54, 1.807) is 24.3 Å². The summed E-state index contributed by atoms with van der Waals surface area (Å²) in [6.45, 7) is 0. The van der Waals surface area contributed by atoms with Crippen LogP contribution in [0.15, 0.2) is 36.4 Å². The van der Waals surface area contributed by atoms with Gasteiger partial charge in [-0.2, -0.15) is 0 Å². The summed E-state index contributed by atoms with van der Waals surface area (Å²) in [5, 5.41) is 2.53. The molecule has 1 N–H and O–H groups in total. The largest absolute Gasteiger partial charge is 0.493 e. The topological polar surface area (TPSA) is 56.8 Å². The van der Waals surface area contributed by atoms with E-state index >= 15 is 0 Å². The Balaban J connectivity index is 2.22. The fraction of sp³-hybridized carbons (Fsp3) is 0.235. The van der Waals surface area contributed by atoms with Crippen LogP contribution in [0.3, 0.4) is 0 Å². The Labute approximate surface area is 134 Å². The van der Waals surface area contributed by atoms with Gasteiger partial charge >= 0.3 is 0 Å². The zero-order valence-corrected chi connectivity index (χ0v) is 13.2. The second-order valence-corrected chi connectivity index (χ2v) is 4.70. The van der Waals surface area contributed by atoms with Gasteiger partial charge in [0.15, 0.2) is 11.5 Å². The molecule has 0 fully saturated rings. The number of rotatable bonds is 6. The quantitative estimate of drug-likeness (QED) is 0.889. The molecule has 0 aromatic heterocycles. The molecule has 23 heavy (non-hydrogen) atoms. The van der Waals surface area contributed by atoms with Crippen LogP contribution in [0.5, 0.6) is 17.2 Å². The summed E-state index contributed by atoms with van der Waals surface area (Å²) in [6.07, 6.45) is 0.0118. The molecule has 6 heteroatoms. The minimum atomic E-state index is -0.486. The lowest BCUT2D eigenvalue weighted by Crippen LogP contribution is -2.16. The number of ether oxygens (including phenoxy) is 3. The summed E-state index contributed by atoms with van der Waals surface area (Å²) < 4.78 is 29.4. The molecule has 0 aliphatic rings. The van der Waals surface area contributed by atoms with Crippen LogP contribution in [0.1, 0.15) is 5.56 Å². The summed E-state index contributed by atoms with van der Waals surface area (Å²) in [7, 11) is 4.49. The van der Waals surface area contributed by atoms with E-state index in [1.807, 2.05) is 0 Å². The average Bonchev–Trinajstić information content (AvgIpc) is 2.56. The van der Waals surface area contributed by atoms with Gasteiger partial charge in [0.2, 0.25) is 11.7 Å². The molecule has 5 nitrogen and oxygen atoms in total. The highest BCUT2D eigenvalue weighted by atomic mass is 19.1. The number of anilines is 1. The third-order valence-electron chi connectivity index (χ3n) is 3.28. The lowest BCUT2D eigenvalue weighted by atomic mass is 10.1. The fourth-order valence-corrected chi connectivity index (χ4v) is 2.23. The molecule has 0 radical (unpaired) electrons. The highest BCUT2D eigenvalue weighted by Gasteiger charge is 2.18. The summed E-state index contributed by atoms with van der Waals surface area (Å²) >= 11 is 0. The van der Waals surface area contributed by atoms with Gasteiger partial charge in [0, 0.05) is 5.56 Å². The van der Waals surface area contributed by atoms with E-state index in [2.05, 4.69) is 5.32 Å². The molecule has 2 rings (SSSR count). The van der Waals surface area contributed by atoms with Gasteiger partial charge in [0.25, 0.3) is 0 Å². The molecule has 0 bridgehead atoms. The maximum absolute atomic E-state index is 13.6. The summed E-state index contributed by atoms with van der Waals surface area (Å²) in [4.78, 5) is 12.2. The first-order valence-electron chi connectivity index (χ1n) is 6.93. The van der Waals surface area contributed by atoms with Crippen LogP contribution in [0.25, 0.3) is 0 Å². The van der Waals surface area contributed by atoms with E-state index < -0.39 is 5.82 Å². The molecule has 0 atom stereocenters. The van der Waals surface area contributed by atoms with Crippen LogP contribution in [0.2, 0.25) is 0 Å². The Morgan fingerprint density at radius 3 is 2.30 bits per heavy atom. The summed E-state index contributed by atoms with van der Waals surface area (Å²) in [5.41, 5.74) is 0.746. The number of hydrogen-bond donors (Lipinski definition) is 1. The van der Waals surface area contributed by atoms with Crippen LogP contribution in [0.4, 0.5) is 10.1 Å². The molecule has 0 aliphatic heterocycles. The molecule has 0 heterocycles. The third-order valence-corrected chi connectivity index (χ3v) is 3.28. The monoisotopic (exact) mass is 319 g/mol. The highest BCUT2D eigenvalue weighted by molar-refractivity contribution is 5.93. The lowest BCUT2D eigenvalue weighted by molar-refractivity contribution is -0.115. The predicted octanol–water partition coefficient (Wildman–Crippen LogP) is 3.03. The molecule has 0 aliphatic carbocycles. The van der Waals surface area contributed by atoms with Gasteiger partial charge in [-0.1, -0.05) is 18.2 Å². The molecular weight excluding hydrogens is 301 g/mol. The maximum atomic E-state index is 13.6. The second-order valence-electron chi connectivity index (χ2n) is 4.70. The van der Waals surface area contributed by atoms with Crippen molar-refractivity contribution in [2.45, 2.75) is 6.42 Å². The zero-order valence-electron chi connectivity index (χ0n) is 13.2. The van der Waals surface area contributed by atoms with Crippen LogP contribution in [-0.4, -0.2) is 27.2 Å². The van der Waals surface area contributed by atoms with Crippen LogP contribution in [-0.2, 0) is 11.2 Å². The van der Waals surface area contributed by atoms with Crippen LogP contribution < -0.4 is 19.5 Å². The van der Waals surface area contributed by atoms with E-state index in [1.165, 1.54) is 33.5 Å². The van der Waals surface area contributed by atoms with E-state index in [4.69, 9.17) is 14.2 Å². The van der Waals surface area contributed by atoms with E-state index in [-0.39, 0.29) is 18.0 Å². The van der Waals surface area contributed by atoms with Gasteiger partial charge in [-0.05, 0) is 18.2 Å². The van der Waals surface area contributed by atoms with Crippen molar-refractivity contribution in [1.82, 2.24) is 0 Å². The fourth-order valence-electron chi connectivity index (χ4n) is 2.23.